The van der Waals surface area contributed by atoms with Crippen molar-refractivity contribution in [1.29, 1.82) is 0 Å². The van der Waals surface area contributed by atoms with E-state index in [1.165, 1.54) is 0 Å². The number of hydrogen-bond acceptors (Lipinski definition) is 3. The number of halogens is 1. The highest BCUT2D eigenvalue weighted by Crippen LogP contribution is 2.35. The molecule has 25 heavy (non-hydrogen) atoms. The van der Waals surface area contributed by atoms with Gasteiger partial charge in [0.1, 0.15) is 5.60 Å². The van der Waals surface area contributed by atoms with Gasteiger partial charge in [-0.25, -0.2) is 0 Å². The van der Waals surface area contributed by atoms with E-state index in [0.29, 0.717) is 13.1 Å². The van der Waals surface area contributed by atoms with Crippen LogP contribution in [0.1, 0.15) is 28.8 Å². The Morgan fingerprint density at radius 3 is 2.40 bits per heavy atom. The fourth-order valence-corrected chi connectivity index (χ4v) is 3.71. The van der Waals surface area contributed by atoms with E-state index in [-0.39, 0.29) is 11.5 Å². The summed E-state index contributed by atoms with van der Waals surface area (Å²) in [5.74, 6) is 0.101. The summed E-state index contributed by atoms with van der Waals surface area (Å²) < 4.78 is 1.13. The number of amides is 1. The summed E-state index contributed by atoms with van der Waals surface area (Å²) in [5.41, 5.74) is 5.65. The van der Waals surface area contributed by atoms with Crippen LogP contribution in [-0.4, -0.2) is 29.5 Å². The van der Waals surface area contributed by atoms with E-state index in [1.54, 1.807) is 0 Å². The maximum absolute atomic E-state index is 12.7. The number of piperidine rings is 1. The molecular formula is C20H19IN2O2. The fourth-order valence-electron chi connectivity index (χ4n) is 3.35. The molecule has 1 fully saturated rings. The largest absolute Gasteiger partial charge is 0.338 e. The molecule has 1 saturated heterocycles. The smallest absolute Gasteiger partial charge is 0.253 e. The molecule has 1 amide bonds. The van der Waals surface area contributed by atoms with E-state index in [9.17, 15) is 4.79 Å². The molecule has 1 spiro atoms. The number of benzene rings is 2. The lowest BCUT2D eigenvalue weighted by atomic mass is 9.90. The first kappa shape index (κ1) is 16.6. The third-order valence-corrected chi connectivity index (χ3v) is 5.56. The molecule has 2 aliphatic heterocycles. The van der Waals surface area contributed by atoms with Gasteiger partial charge in [-0.1, -0.05) is 30.3 Å². The molecule has 1 N–H and O–H groups in total. The Hall–Kier alpha value is -1.86. The predicted octanol–water partition coefficient (Wildman–Crippen LogP) is 3.84. The third kappa shape index (κ3) is 3.43. The summed E-state index contributed by atoms with van der Waals surface area (Å²) in [5, 5.41) is 0. The molecule has 4 nitrogen and oxygen atoms in total. The van der Waals surface area contributed by atoms with E-state index in [2.05, 4.69) is 46.3 Å². The van der Waals surface area contributed by atoms with Gasteiger partial charge in [0.15, 0.2) is 0 Å². The van der Waals surface area contributed by atoms with Crippen LogP contribution in [0.3, 0.4) is 0 Å². The average Bonchev–Trinajstić information content (AvgIpc) is 3.07. The van der Waals surface area contributed by atoms with Crippen molar-refractivity contribution in [3.8, 4) is 0 Å². The molecule has 0 radical (unpaired) electrons. The van der Waals surface area contributed by atoms with E-state index in [4.69, 9.17) is 4.84 Å². The Bertz CT molecular complexity index is 794. The van der Waals surface area contributed by atoms with Crippen LogP contribution in [0.15, 0.2) is 60.7 Å². The molecule has 2 aromatic rings. The van der Waals surface area contributed by atoms with Gasteiger partial charge in [-0.2, -0.15) is 0 Å². The monoisotopic (exact) mass is 446 g/mol. The first-order valence-corrected chi connectivity index (χ1v) is 9.50. The molecule has 0 unspecified atom stereocenters. The maximum Gasteiger partial charge on any atom is 0.253 e. The van der Waals surface area contributed by atoms with Crippen LogP contribution in [-0.2, 0) is 4.84 Å². The minimum atomic E-state index is -0.311. The van der Waals surface area contributed by atoms with E-state index in [0.717, 1.165) is 33.2 Å². The van der Waals surface area contributed by atoms with Gasteiger partial charge in [0.25, 0.3) is 5.91 Å². The summed E-state index contributed by atoms with van der Waals surface area (Å²) >= 11 is 2.25. The molecule has 0 aromatic heterocycles. The number of hydrogen-bond donors (Lipinski definition) is 1. The number of nitrogens with one attached hydrogen (secondary N) is 1. The van der Waals surface area contributed by atoms with Gasteiger partial charge in [0, 0.05) is 35.1 Å². The van der Waals surface area contributed by atoms with Crippen LogP contribution in [0.2, 0.25) is 0 Å². The van der Waals surface area contributed by atoms with Gasteiger partial charge >= 0.3 is 0 Å². The molecule has 2 heterocycles. The van der Waals surface area contributed by atoms with Gasteiger partial charge < -0.3 is 4.90 Å². The number of carbonyl (C=O) groups is 1. The van der Waals surface area contributed by atoms with Crippen LogP contribution in [0.5, 0.6) is 0 Å². The van der Waals surface area contributed by atoms with Crippen LogP contribution in [0.4, 0.5) is 0 Å². The van der Waals surface area contributed by atoms with Crippen LogP contribution >= 0.6 is 22.6 Å². The molecule has 0 bridgehead atoms. The number of hydroxylamine groups is 1. The fraction of sp³-hybridized carbons (Fsp3) is 0.250. The summed E-state index contributed by atoms with van der Waals surface area (Å²) in [7, 11) is 0. The number of carbonyl (C=O) groups excluding carboxylic acids is 1. The topological polar surface area (TPSA) is 41.6 Å². The minimum absolute atomic E-state index is 0.101. The predicted molar refractivity (Wildman–Crippen MR) is 106 cm³/mol. The average molecular weight is 446 g/mol. The zero-order valence-electron chi connectivity index (χ0n) is 13.7. The van der Waals surface area contributed by atoms with Gasteiger partial charge in [-0.05, 0) is 58.5 Å². The Labute approximate surface area is 161 Å². The molecule has 4 rings (SSSR count). The van der Waals surface area contributed by atoms with Gasteiger partial charge in [0.05, 0.1) is 5.70 Å². The first-order chi connectivity index (χ1) is 12.2. The van der Waals surface area contributed by atoms with Gasteiger partial charge in [-0.3, -0.25) is 15.1 Å². The normalized spacial score (nSPS) is 18.8. The molecule has 2 aliphatic rings. The quantitative estimate of drug-likeness (QED) is 0.713. The highest BCUT2D eigenvalue weighted by atomic mass is 127. The van der Waals surface area contributed by atoms with Crippen molar-refractivity contribution in [2.75, 3.05) is 13.1 Å². The number of rotatable bonds is 2. The number of nitrogens with zero attached hydrogens (tertiary/aromatic N) is 1. The zero-order chi connectivity index (χ0) is 17.3. The van der Waals surface area contributed by atoms with Crippen molar-refractivity contribution < 1.29 is 9.63 Å². The lowest BCUT2D eigenvalue weighted by molar-refractivity contribution is -0.0652. The molecule has 2 aromatic carbocycles. The van der Waals surface area contributed by atoms with Crippen molar-refractivity contribution in [3.05, 3.63) is 75.4 Å². The van der Waals surface area contributed by atoms with E-state index in [1.807, 2.05) is 47.4 Å². The molecule has 0 saturated carbocycles. The van der Waals surface area contributed by atoms with Crippen molar-refractivity contribution in [3.63, 3.8) is 0 Å². The molecule has 5 heteroatoms. The van der Waals surface area contributed by atoms with Crippen LogP contribution < -0.4 is 5.48 Å². The molecule has 0 atom stereocenters. The van der Waals surface area contributed by atoms with Crippen LogP contribution in [0, 0.1) is 3.57 Å². The Morgan fingerprint density at radius 2 is 1.72 bits per heavy atom. The van der Waals surface area contributed by atoms with Crippen LogP contribution in [0.25, 0.3) is 5.70 Å². The van der Waals surface area contributed by atoms with E-state index < -0.39 is 0 Å². The Kier molecular flexibility index (Phi) is 4.52. The third-order valence-electron chi connectivity index (χ3n) is 4.84. The van der Waals surface area contributed by atoms with Gasteiger partial charge in [0.2, 0.25) is 0 Å². The van der Waals surface area contributed by atoms with Crippen molar-refractivity contribution >= 4 is 34.2 Å². The Morgan fingerprint density at radius 1 is 1.04 bits per heavy atom. The second-order valence-corrected chi connectivity index (χ2v) is 7.74. The highest BCUT2D eigenvalue weighted by Gasteiger charge is 2.39. The second kappa shape index (κ2) is 6.80. The summed E-state index contributed by atoms with van der Waals surface area (Å²) in [4.78, 5) is 20.5. The van der Waals surface area contributed by atoms with Gasteiger partial charge in [-0.15, -0.1) is 0 Å². The van der Waals surface area contributed by atoms with Crippen molar-refractivity contribution in [2.24, 2.45) is 0 Å². The summed E-state index contributed by atoms with van der Waals surface area (Å²) in [6.45, 7) is 1.40. The Balaban J connectivity index is 1.44. The molecule has 128 valence electrons. The second-order valence-electron chi connectivity index (χ2n) is 6.49. The number of likely N-dealkylation sites (tertiary alicyclic amines) is 1. The van der Waals surface area contributed by atoms with E-state index >= 15 is 0 Å². The minimum Gasteiger partial charge on any atom is -0.338 e. The first-order valence-electron chi connectivity index (χ1n) is 8.42. The summed E-state index contributed by atoms with van der Waals surface area (Å²) in [6, 6.07) is 17.9. The standard InChI is InChI=1S/C20H19IN2O2/c21-17-8-6-16(7-9-17)19(24)23-12-10-20(11-13-23)14-18(22-25-20)15-4-2-1-3-5-15/h1-9,14,22H,10-13H2. The molecular weight excluding hydrogens is 427 g/mol. The lowest BCUT2D eigenvalue weighted by Crippen LogP contribution is -2.46. The lowest BCUT2D eigenvalue weighted by Gasteiger charge is -2.36. The molecule has 0 aliphatic carbocycles. The van der Waals surface area contributed by atoms with Crippen molar-refractivity contribution in [2.45, 2.75) is 18.4 Å². The summed E-state index contributed by atoms with van der Waals surface area (Å²) in [6.07, 6.45) is 3.77. The SMILES string of the molecule is O=C(c1ccc(I)cc1)N1CCC2(C=C(c3ccccc3)NO2)CC1. The zero-order valence-corrected chi connectivity index (χ0v) is 15.9. The maximum atomic E-state index is 12.7. The van der Waals surface area contributed by atoms with Crippen molar-refractivity contribution in [1.82, 2.24) is 10.4 Å². The highest BCUT2D eigenvalue weighted by molar-refractivity contribution is 14.1.